The lowest BCUT2D eigenvalue weighted by Crippen LogP contribution is -2.29. The van der Waals surface area contributed by atoms with Crippen molar-refractivity contribution in [3.63, 3.8) is 0 Å². The summed E-state index contributed by atoms with van der Waals surface area (Å²) in [5.74, 6) is 0.942. The summed E-state index contributed by atoms with van der Waals surface area (Å²) >= 11 is 0. The van der Waals surface area contributed by atoms with E-state index in [9.17, 15) is 4.79 Å². The van der Waals surface area contributed by atoms with Gasteiger partial charge in [-0.3, -0.25) is 14.7 Å². The Balaban J connectivity index is 1.26. The molecule has 7 nitrogen and oxygen atoms in total. The van der Waals surface area contributed by atoms with Crippen molar-refractivity contribution in [1.29, 1.82) is 0 Å². The fourth-order valence-electron chi connectivity index (χ4n) is 3.27. The molecule has 0 spiro atoms. The molecule has 2 aromatic rings. The van der Waals surface area contributed by atoms with E-state index >= 15 is 0 Å². The minimum atomic E-state index is -0.213. The highest BCUT2D eigenvalue weighted by atomic mass is 16.5. The lowest BCUT2D eigenvalue weighted by molar-refractivity contribution is 0.220. The second kappa shape index (κ2) is 11.5. The van der Waals surface area contributed by atoms with Gasteiger partial charge in [0.1, 0.15) is 12.4 Å². The van der Waals surface area contributed by atoms with Crippen LogP contribution in [0.5, 0.6) is 11.8 Å². The molecule has 0 atom stereocenters. The van der Waals surface area contributed by atoms with Crippen molar-refractivity contribution < 1.29 is 9.47 Å². The molecule has 2 heterocycles. The number of ether oxygens (including phenoxy) is 2. The molecular formula is C21H30N4O3. The average Bonchev–Trinajstić information content (AvgIpc) is 2.71. The van der Waals surface area contributed by atoms with Crippen LogP contribution >= 0.6 is 0 Å². The average molecular weight is 386 g/mol. The predicted molar refractivity (Wildman–Crippen MR) is 109 cm³/mol. The van der Waals surface area contributed by atoms with Gasteiger partial charge in [0.2, 0.25) is 0 Å². The molecule has 3 rings (SSSR count). The molecule has 0 radical (unpaired) electrons. The number of benzene rings is 1. The van der Waals surface area contributed by atoms with Crippen molar-refractivity contribution in [3.8, 4) is 11.8 Å². The number of nitrogens with zero attached hydrogens (tertiary/aromatic N) is 2. The number of likely N-dealkylation sites (tertiary alicyclic amines) is 1. The topological polar surface area (TPSA) is 79.5 Å². The zero-order chi connectivity index (χ0) is 19.4. The number of nitrogens with one attached hydrogen (secondary N) is 2. The standard InChI is InChI=1S/C21H30N4O3/c26-20-8-10-23-21(24-20)28-15-11-22-9-5-14-27-19-7-4-6-18(16-19)17-25-12-2-1-3-13-25/h4,6-8,10,16,22H,1-3,5,9,11-15,17H2,(H,23,24,26). The molecule has 0 aliphatic carbocycles. The third-order valence-corrected chi connectivity index (χ3v) is 4.69. The van der Waals surface area contributed by atoms with Crippen molar-refractivity contribution in [3.05, 3.63) is 52.4 Å². The molecule has 2 N–H and O–H groups in total. The third-order valence-electron chi connectivity index (χ3n) is 4.69. The summed E-state index contributed by atoms with van der Waals surface area (Å²) in [6.07, 6.45) is 6.34. The van der Waals surface area contributed by atoms with Crippen LogP contribution in [0.4, 0.5) is 0 Å². The second-order valence-corrected chi connectivity index (χ2v) is 7.02. The summed E-state index contributed by atoms with van der Waals surface area (Å²) in [4.78, 5) is 20.1. The molecule has 1 aromatic carbocycles. The fraction of sp³-hybridized carbons (Fsp3) is 0.524. The summed E-state index contributed by atoms with van der Waals surface area (Å²) in [7, 11) is 0. The monoisotopic (exact) mass is 386 g/mol. The van der Waals surface area contributed by atoms with Gasteiger partial charge in [0.15, 0.2) is 0 Å². The van der Waals surface area contributed by atoms with E-state index < -0.39 is 0 Å². The summed E-state index contributed by atoms with van der Waals surface area (Å²) in [6, 6.07) is 10.0. The highest BCUT2D eigenvalue weighted by molar-refractivity contribution is 5.28. The second-order valence-electron chi connectivity index (χ2n) is 7.02. The van der Waals surface area contributed by atoms with Crippen molar-refractivity contribution in [2.75, 3.05) is 39.4 Å². The van der Waals surface area contributed by atoms with Gasteiger partial charge in [0, 0.05) is 25.4 Å². The Bertz CT molecular complexity index is 759. The SMILES string of the molecule is O=c1ccnc(OCCNCCCOc2cccc(CN3CCCCC3)c2)[nH]1. The maximum absolute atomic E-state index is 11.1. The molecule has 1 aliphatic rings. The first kappa shape index (κ1) is 20.4. The maximum Gasteiger partial charge on any atom is 0.296 e. The van der Waals surface area contributed by atoms with Crippen LogP contribution < -0.4 is 20.3 Å². The van der Waals surface area contributed by atoms with E-state index in [-0.39, 0.29) is 11.6 Å². The van der Waals surface area contributed by atoms with Gasteiger partial charge in [-0.25, -0.2) is 4.98 Å². The van der Waals surface area contributed by atoms with E-state index in [4.69, 9.17) is 9.47 Å². The van der Waals surface area contributed by atoms with Crippen LogP contribution in [0.15, 0.2) is 41.3 Å². The normalized spacial score (nSPS) is 14.7. The fourth-order valence-corrected chi connectivity index (χ4v) is 3.27. The predicted octanol–water partition coefficient (Wildman–Crippen LogP) is 2.19. The summed E-state index contributed by atoms with van der Waals surface area (Å²) in [6.45, 7) is 6.08. The molecule has 1 saturated heterocycles. The van der Waals surface area contributed by atoms with Gasteiger partial charge >= 0.3 is 0 Å². The Hall–Kier alpha value is -2.38. The Kier molecular flexibility index (Phi) is 8.33. The molecule has 0 saturated carbocycles. The van der Waals surface area contributed by atoms with Crippen molar-refractivity contribution in [2.45, 2.75) is 32.2 Å². The molecule has 0 amide bonds. The first-order chi connectivity index (χ1) is 13.8. The lowest BCUT2D eigenvalue weighted by atomic mass is 10.1. The highest BCUT2D eigenvalue weighted by Crippen LogP contribution is 2.17. The molecule has 7 heteroatoms. The van der Waals surface area contributed by atoms with Gasteiger partial charge in [-0.2, -0.15) is 0 Å². The highest BCUT2D eigenvalue weighted by Gasteiger charge is 2.10. The van der Waals surface area contributed by atoms with Crippen molar-refractivity contribution >= 4 is 0 Å². The van der Waals surface area contributed by atoms with E-state index in [0.717, 1.165) is 25.3 Å². The Labute approximate surface area is 166 Å². The van der Waals surface area contributed by atoms with Gasteiger partial charge < -0.3 is 14.8 Å². The minimum Gasteiger partial charge on any atom is -0.494 e. The van der Waals surface area contributed by atoms with Gasteiger partial charge in [0.05, 0.1) is 6.61 Å². The summed E-state index contributed by atoms with van der Waals surface area (Å²) in [5.41, 5.74) is 1.11. The first-order valence-electron chi connectivity index (χ1n) is 10.1. The van der Waals surface area contributed by atoms with Crippen LogP contribution in [0, 0.1) is 0 Å². The maximum atomic E-state index is 11.1. The van der Waals surface area contributed by atoms with E-state index in [1.807, 2.05) is 6.07 Å². The number of rotatable bonds is 11. The van der Waals surface area contributed by atoms with Gasteiger partial charge in [-0.05, 0) is 56.6 Å². The largest absolute Gasteiger partial charge is 0.494 e. The van der Waals surface area contributed by atoms with Crippen LogP contribution in [0.2, 0.25) is 0 Å². The molecule has 1 fully saturated rings. The smallest absolute Gasteiger partial charge is 0.296 e. The number of H-pyrrole nitrogens is 1. The van der Waals surface area contributed by atoms with Crippen LogP contribution in [-0.2, 0) is 6.54 Å². The molecule has 0 bridgehead atoms. The zero-order valence-corrected chi connectivity index (χ0v) is 16.4. The van der Waals surface area contributed by atoms with E-state index in [0.29, 0.717) is 19.8 Å². The number of aromatic amines is 1. The lowest BCUT2D eigenvalue weighted by Gasteiger charge is -2.26. The summed E-state index contributed by atoms with van der Waals surface area (Å²) in [5, 5.41) is 3.29. The number of hydrogen-bond donors (Lipinski definition) is 2. The van der Waals surface area contributed by atoms with E-state index in [2.05, 4.69) is 38.4 Å². The number of aromatic nitrogens is 2. The molecule has 1 aliphatic heterocycles. The van der Waals surface area contributed by atoms with Crippen molar-refractivity contribution in [1.82, 2.24) is 20.2 Å². The first-order valence-corrected chi connectivity index (χ1v) is 10.1. The number of piperidine rings is 1. The summed E-state index contributed by atoms with van der Waals surface area (Å²) < 4.78 is 11.3. The molecule has 28 heavy (non-hydrogen) atoms. The third kappa shape index (κ3) is 7.32. The van der Waals surface area contributed by atoms with Crippen LogP contribution in [0.1, 0.15) is 31.2 Å². The van der Waals surface area contributed by atoms with E-state index in [1.165, 1.54) is 50.2 Å². The van der Waals surface area contributed by atoms with E-state index in [1.54, 1.807) is 0 Å². The van der Waals surface area contributed by atoms with Crippen molar-refractivity contribution in [2.24, 2.45) is 0 Å². The molecular weight excluding hydrogens is 356 g/mol. The number of hydrogen-bond acceptors (Lipinski definition) is 6. The molecule has 0 unspecified atom stereocenters. The van der Waals surface area contributed by atoms with Gasteiger partial charge in [0.25, 0.3) is 11.6 Å². The quantitative estimate of drug-likeness (QED) is 0.577. The van der Waals surface area contributed by atoms with Crippen LogP contribution in [0.25, 0.3) is 0 Å². The molecule has 1 aromatic heterocycles. The Morgan fingerprint density at radius 1 is 1.07 bits per heavy atom. The van der Waals surface area contributed by atoms with Crippen LogP contribution in [0.3, 0.4) is 0 Å². The zero-order valence-electron chi connectivity index (χ0n) is 16.4. The molecule has 152 valence electrons. The minimum absolute atomic E-state index is 0.213. The Morgan fingerprint density at radius 3 is 2.82 bits per heavy atom. The van der Waals surface area contributed by atoms with Gasteiger partial charge in [-0.1, -0.05) is 18.6 Å². The Morgan fingerprint density at radius 2 is 1.96 bits per heavy atom. The van der Waals surface area contributed by atoms with Gasteiger partial charge in [-0.15, -0.1) is 0 Å². The van der Waals surface area contributed by atoms with Crippen LogP contribution in [-0.4, -0.2) is 54.3 Å².